The van der Waals surface area contributed by atoms with Crippen LogP contribution in [0.3, 0.4) is 0 Å². The van der Waals surface area contributed by atoms with E-state index < -0.39 is 17.0 Å². The number of nitrogens with zero attached hydrogens (tertiary/aromatic N) is 1. The fourth-order valence-electron chi connectivity index (χ4n) is 2.54. The number of nitrogen functional groups attached to an aromatic ring is 1. The summed E-state index contributed by atoms with van der Waals surface area (Å²) in [5, 5.41) is 9.70. The van der Waals surface area contributed by atoms with Crippen molar-refractivity contribution in [3.8, 4) is 0 Å². The molecular formula is C14H15BN2O4S. The predicted molar refractivity (Wildman–Crippen MR) is 83.1 cm³/mol. The molecule has 6 nitrogen and oxygen atoms in total. The predicted octanol–water partition coefficient (Wildman–Crippen LogP) is 0.164. The van der Waals surface area contributed by atoms with Crippen molar-refractivity contribution in [3.05, 3.63) is 47.2 Å². The van der Waals surface area contributed by atoms with Gasteiger partial charge in [0.05, 0.1) is 17.3 Å². The maximum absolute atomic E-state index is 12.5. The average molecular weight is 318 g/mol. The Balaban J connectivity index is 1.93. The van der Waals surface area contributed by atoms with Crippen molar-refractivity contribution in [3.63, 3.8) is 0 Å². The van der Waals surface area contributed by atoms with E-state index >= 15 is 0 Å². The molecule has 8 heteroatoms. The van der Waals surface area contributed by atoms with Gasteiger partial charge in [-0.3, -0.25) is 0 Å². The molecule has 3 rings (SSSR count). The first kappa shape index (κ1) is 15.0. The zero-order chi connectivity index (χ0) is 15.9. The highest BCUT2D eigenvalue weighted by Gasteiger charge is 2.28. The minimum absolute atomic E-state index is 0.166. The standard InChI is InChI=1S/C14H15BN2O4S/c1-9-4-14(16)17-6-13(9)22(19,20)8-10-2-3-11-7-21-15(18)12(11)5-10/h2-6,18H,7-8H2,1H3,(H2,16,17). The van der Waals surface area contributed by atoms with Crippen LogP contribution < -0.4 is 11.2 Å². The van der Waals surface area contributed by atoms with E-state index in [0.29, 0.717) is 23.2 Å². The topological polar surface area (TPSA) is 103 Å². The summed E-state index contributed by atoms with van der Waals surface area (Å²) in [7, 11) is -4.52. The van der Waals surface area contributed by atoms with Gasteiger partial charge in [0.15, 0.2) is 9.84 Å². The number of aromatic nitrogens is 1. The minimum atomic E-state index is -3.54. The van der Waals surface area contributed by atoms with Crippen LogP contribution in [0.15, 0.2) is 35.4 Å². The van der Waals surface area contributed by atoms with Crippen LogP contribution >= 0.6 is 0 Å². The smallest absolute Gasteiger partial charge is 0.423 e. The summed E-state index contributed by atoms with van der Waals surface area (Å²) >= 11 is 0. The molecular weight excluding hydrogens is 303 g/mol. The number of anilines is 1. The third kappa shape index (κ3) is 2.72. The molecule has 1 aliphatic rings. The number of benzene rings is 1. The summed E-state index contributed by atoms with van der Waals surface area (Å²) in [6, 6.07) is 6.72. The van der Waals surface area contributed by atoms with Crippen LogP contribution in [0.5, 0.6) is 0 Å². The lowest BCUT2D eigenvalue weighted by molar-refractivity contribution is 0.275. The summed E-state index contributed by atoms with van der Waals surface area (Å²) in [4.78, 5) is 4.02. The largest absolute Gasteiger partial charge is 0.491 e. The Morgan fingerprint density at radius 1 is 1.41 bits per heavy atom. The van der Waals surface area contributed by atoms with Crippen LogP contribution in [0.2, 0.25) is 0 Å². The van der Waals surface area contributed by atoms with Crippen LogP contribution in [0.4, 0.5) is 5.82 Å². The fraction of sp³-hybridized carbons (Fsp3) is 0.214. The van der Waals surface area contributed by atoms with Gasteiger partial charge in [-0.15, -0.1) is 0 Å². The molecule has 0 fully saturated rings. The first-order valence-corrected chi connectivity index (χ1v) is 8.38. The summed E-state index contributed by atoms with van der Waals surface area (Å²) in [6.45, 7) is 2.02. The fourth-order valence-corrected chi connectivity index (χ4v) is 4.08. The van der Waals surface area contributed by atoms with Crippen LogP contribution in [0.25, 0.3) is 0 Å². The highest BCUT2D eigenvalue weighted by Crippen LogP contribution is 2.21. The number of hydrogen-bond acceptors (Lipinski definition) is 6. The maximum Gasteiger partial charge on any atom is 0.491 e. The first-order chi connectivity index (χ1) is 10.4. The third-order valence-electron chi connectivity index (χ3n) is 3.65. The van der Waals surface area contributed by atoms with Crippen molar-refractivity contribution in [2.45, 2.75) is 24.2 Å². The molecule has 1 aromatic carbocycles. The quantitative estimate of drug-likeness (QED) is 0.782. The van der Waals surface area contributed by atoms with Gasteiger partial charge in [-0.1, -0.05) is 18.2 Å². The molecule has 0 unspecified atom stereocenters. The van der Waals surface area contributed by atoms with Crippen molar-refractivity contribution < 1.29 is 18.1 Å². The summed E-state index contributed by atoms with van der Waals surface area (Å²) in [6.07, 6.45) is 1.28. The molecule has 1 aromatic heterocycles. The van der Waals surface area contributed by atoms with Crippen molar-refractivity contribution in [2.24, 2.45) is 0 Å². The molecule has 0 aliphatic carbocycles. The van der Waals surface area contributed by atoms with E-state index in [1.54, 1.807) is 25.1 Å². The van der Waals surface area contributed by atoms with Crippen LogP contribution in [0.1, 0.15) is 16.7 Å². The Hall–Kier alpha value is -1.90. The number of hydrogen-bond donors (Lipinski definition) is 2. The maximum atomic E-state index is 12.5. The van der Waals surface area contributed by atoms with Crippen molar-refractivity contribution >= 4 is 28.2 Å². The van der Waals surface area contributed by atoms with Gasteiger partial charge in [0.1, 0.15) is 5.82 Å². The van der Waals surface area contributed by atoms with Gasteiger partial charge in [0.2, 0.25) is 0 Å². The molecule has 1 aliphatic heterocycles. The summed E-state index contributed by atoms with van der Waals surface area (Å²) in [5.41, 5.74) is 8.21. The average Bonchev–Trinajstić information content (AvgIpc) is 2.79. The molecule has 0 spiro atoms. The first-order valence-electron chi connectivity index (χ1n) is 6.73. The summed E-state index contributed by atoms with van der Waals surface area (Å²) < 4.78 is 30.2. The molecule has 22 heavy (non-hydrogen) atoms. The second-order valence-electron chi connectivity index (χ2n) is 5.33. The molecule has 0 amide bonds. The lowest BCUT2D eigenvalue weighted by atomic mass is 9.79. The third-order valence-corrected chi connectivity index (χ3v) is 5.46. The molecule has 2 heterocycles. The molecule has 0 radical (unpaired) electrons. The van der Waals surface area contributed by atoms with E-state index in [-0.39, 0.29) is 16.5 Å². The van der Waals surface area contributed by atoms with Crippen molar-refractivity contribution in [1.29, 1.82) is 0 Å². The van der Waals surface area contributed by atoms with Crippen LogP contribution in [0, 0.1) is 6.92 Å². The Morgan fingerprint density at radius 2 is 2.18 bits per heavy atom. The van der Waals surface area contributed by atoms with E-state index in [1.165, 1.54) is 12.3 Å². The van der Waals surface area contributed by atoms with E-state index in [0.717, 1.165) is 5.56 Å². The van der Waals surface area contributed by atoms with Gasteiger partial charge < -0.3 is 15.4 Å². The van der Waals surface area contributed by atoms with Gasteiger partial charge in [0.25, 0.3) is 0 Å². The highest BCUT2D eigenvalue weighted by atomic mass is 32.2. The molecule has 0 bridgehead atoms. The van der Waals surface area contributed by atoms with Gasteiger partial charge in [-0.05, 0) is 35.1 Å². The highest BCUT2D eigenvalue weighted by molar-refractivity contribution is 7.90. The number of sulfone groups is 1. The number of rotatable bonds is 3. The number of aryl methyl sites for hydroxylation is 1. The molecule has 0 saturated carbocycles. The van der Waals surface area contributed by atoms with E-state index in [9.17, 15) is 13.4 Å². The lowest BCUT2D eigenvalue weighted by Crippen LogP contribution is -2.28. The van der Waals surface area contributed by atoms with Gasteiger partial charge in [0, 0.05) is 6.20 Å². The minimum Gasteiger partial charge on any atom is -0.423 e. The second-order valence-corrected chi connectivity index (χ2v) is 7.29. The van der Waals surface area contributed by atoms with E-state index in [1.807, 2.05) is 0 Å². The molecule has 0 saturated heterocycles. The molecule has 114 valence electrons. The van der Waals surface area contributed by atoms with Crippen molar-refractivity contribution in [1.82, 2.24) is 4.98 Å². The normalized spacial score (nSPS) is 14.2. The molecule has 2 aromatic rings. The van der Waals surface area contributed by atoms with E-state index in [4.69, 9.17) is 10.4 Å². The number of fused-ring (bicyclic) bond motifs is 1. The molecule has 0 atom stereocenters. The zero-order valence-electron chi connectivity index (χ0n) is 12.0. The van der Waals surface area contributed by atoms with Crippen molar-refractivity contribution in [2.75, 3.05) is 5.73 Å². The van der Waals surface area contributed by atoms with Gasteiger partial charge in [-0.25, -0.2) is 13.4 Å². The number of nitrogens with two attached hydrogens (primary N) is 1. The zero-order valence-corrected chi connectivity index (χ0v) is 12.8. The summed E-state index contributed by atoms with van der Waals surface area (Å²) in [5.74, 6) is 0.119. The second kappa shape index (κ2) is 5.38. The number of pyridine rings is 1. The Bertz CT molecular complexity index is 839. The van der Waals surface area contributed by atoms with E-state index in [2.05, 4.69) is 4.98 Å². The monoisotopic (exact) mass is 318 g/mol. The van der Waals surface area contributed by atoms with Gasteiger partial charge >= 0.3 is 7.12 Å². The lowest BCUT2D eigenvalue weighted by Gasteiger charge is -2.09. The van der Waals surface area contributed by atoms with Gasteiger partial charge in [-0.2, -0.15) is 0 Å². The Labute approximate surface area is 129 Å². The van der Waals surface area contributed by atoms with Crippen LogP contribution in [-0.2, 0) is 26.9 Å². The SMILES string of the molecule is Cc1cc(N)ncc1S(=O)(=O)Cc1ccc2c(c1)B(O)OC2. The van der Waals surface area contributed by atoms with Crippen LogP contribution in [-0.4, -0.2) is 25.5 Å². The molecule has 3 N–H and O–H groups in total. The Kier molecular flexibility index (Phi) is 3.68. The Morgan fingerprint density at radius 3 is 2.91 bits per heavy atom.